The number of benzene rings is 1. The topological polar surface area (TPSA) is 74.8 Å². The fraction of sp³-hybridized carbons (Fsp3) is 0.316. The number of carbonyl (C=O) groups excluding carboxylic acids is 2. The lowest BCUT2D eigenvalue weighted by atomic mass is 10.2. The van der Waals surface area contributed by atoms with E-state index in [1.807, 2.05) is 0 Å². The molecule has 1 aliphatic rings. The number of pyridine rings is 1. The SMILES string of the molecule is CCOC(=O)N1CCN(C(=O)c2ccc(Nc3ccc(F)cc3)nc2)CC1. The molecule has 1 aromatic carbocycles. The largest absolute Gasteiger partial charge is 0.450 e. The average molecular weight is 372 g/mol. The Morgan fingerprint density at radius 3 is 2.33 bits per heavy atom. The lowest BCUT2D eigenvalue weighted by molar-refractivity contribution is 0.0570. The molecule has 1 N–H and O–H groups in total. The summed E-state index contributed by atoms with van der Waals surface area (Å²) in [6.07, 6.45) is 1.16. The summed E-state index contributed by atoms with van der Waals surface area (Å²) in [6.45, 7) is 3.89. The third-order valence-corrected chi connectivity index (χ3v) is 4.22. The summed E-state index contributed by atoms with van der Waals surface area (Å²) in [4.78, 5) is 31.8. The summed E-state index contributed by atoms with van der Waals surface area (Å²) in [6, 6.07) is 9.33. The first-order chi connectivity index (χ1) is 13.1. The van der Waals surface area contributed by atoms with Gasteiger partial charge in [-0.1, -0.05) is 0 Å². The van der Waals surface area contributed by atoms with Crippen LogP contribution in [0.25, 0.3) is 0 Å². The van der Waals surface area contributed by atoms with Crippen LogP contribution in [0.15, 0.2) is 42.6 Å². The Morgan fingerprint density at radius 2 is 1.74 bits per heavy atom. The number of rotatable bonds is 4. The minimum absolute atomic E-state index is 0.126. The normalized spacial score (nSPS) is 14.0. The lowest BCUT2D eigenvalue weighted by Gasteiger charge is -2.34. The lowest BCUT2D eigenvalue weighted by Crippen LogP contribution is -2.50. The standard InChI is InChI=1S/C19H21FN4O3/c1-2-27-19(26)24-11-9-23(10-12-24)18(25)14-3-8-17(21-13-14)22-16-6-4-15(20)5-7-16/h3-8,13H,2,9-12H2,1H3,(H,21,22). The van der Waals surface area contributed by atoms with Gasteiger partial charge in [0.25, 0.3) is 5.91 Å². The number of piperazine rings is 1. The number of aromatic nitrogens is 1. The van der Waals surface area contributed by atoms with Crippen LogP contribution in [-0.2, 0) is 4.74 Å². The van der Waals surface area contributed by atoms with Crippen LogP contribution in [0.1, 0.15) is 17.3 Å². The van der Waals surface area contributed by atoms with Gasteiger partial charge < -0.3 is 19.9 Å². The number of nitrogens with one attached hydrogen (secondary N) is 1. The molecule has 0 saturated carbocycles. The van der Waals surface area contributed by atoms with Crippen LogP contribution in [-0.4, -0.2) is 59.6 Å². The molecule has 0 bridgehead atoms. The number of anilines is 2. The Balaban J connectivity index is 1.56. The number of amides is 2. The maximum atomic E-state index is 12.9. The van der Waals surface area contributed by atoms with Crippen LogP contribution in [0.4, 0.5) is 20.7 Å². The second kappa shape index (κ2) is 8.48. The Kier molecular flexibility index (Phi) is 5.85. The molecular weight excluding hydrogens is 351 g/mol. The van der Waals surface area contributed by atoms with Gasteiger partial charge in [-0.3, -0.25) is 4.79 Å². The molecule has 1 saturated heterocycles. The van der Waals surface area contributed by atoms with Crippen molar-refractivity contribution in [2.75, 3.05) is 38.1 Å². The van der Waals surface area contributed by atoms with Gasteiger partial charge in [0.05, 0.1) is 12.2 Å². The summed E-state index contributed by atoms with van der Waals surface area (Å²) in [5, 5.41) is 3.05. The molecule has 3 rings (SSSR count). The van der Waals surface area contributed by atoms with Gasteiger partial charge in [0.2, 0.25) is 0 Å². The molecule has 142 valence electrons. The molecule has 0 aliphatic carbocycles. The Morgan fingerprint density at radius 1 is 1.07 bits per heavy atom. The number of hydrogen-bond donors (Lipinski definition) is 1. The predicted molar refractivity (Wildman–Crippen MR) is 98.4 cm³/mol. The van der Waals surface area contributed by atoms with E-state index in [1.54, 1.807) is 41.0 Å². The van der Waals surface area contributed by atoms with Crippen molar-refractivity contribution in [3.05, 3.63) is 54.0 Å². The molecule has 1 fully saturated rings. The molecule has 2 heterocycles. The number of ether oxygens (including phenoxy) is 1. The molecule has 0 unspecified atom stereocenters. The second-order valence-electron chi connectivity index (χ2n) is 6.04. The molecule has 7 nitrogen and oxygen atoms in total. The first kappa shape index (κ1) is 18.6. The highest BCUT2D eigenvalue weighted by Crippen LogP contribution is 2.16. The molecule has 0 spiro atoms. The van der Waals surface area contributed by atoms with Crippen molar-refractivity contribution in [3.63, 3.8) is 0 Å². The number of halogens is 1. The maximum absolute atomic E-state index is 12.9. The van der Waals surface area contributed by atoms with E-state index >= 15 is 0 Å². The Bertz CT molecular complexity index is 788. The molecular formula is C19H21FN4O3. The van der Waals surface area contributed by atoms with Crippen LogP contribution in [0.3, 0.4) is 0 Å². The summed E-state index contributed by atoms with van der Waals surface area (Å²) in [5.74, 6) is 0.127. The monoisotopic (exact) mass is 372 g/mol. The van der Waals surface area contributed by atoms with E-state index in [0.29, 0.717) is 49.9 Å². The quantitative estimate of drug-likeness (QED) is 0.893. The van der Waals surface area contributed by atoms with E-state index in [2.05, 4.69) is 10.3 Å². The van der Waals surface area contributed by atoms with Crippen LogP contribution in [0.2, 0.25) is 0 Å². The van der Waals surface area contributed by atoms with Crippen LogP contribution in [0.5, 0.6) is 0 Å². The Hall–Kier alpha value is -3.16. The van der Waals surface area contributed by atoms with Gasteiger partial charge in [-0.05, 0) is 43.3 Å². The molecule has 27 heavy (non-hydrogen) atoms. The van der Waals surface area contributed by atoms with E-state index in [9.17, 15) is 14.0 Å². The summed E-state index contributed by atoms with van der Waals surface area (Å²) in [5.41, 5.74) is 1.18. The van der Waals surface area contributed by atoms with Crippen molar-refractivity contribution >= 4 is 23.5 Å². The van der Waals surface area contributed by atoms with Gasteiger partial charge in [-0.15, -0.1) is 0 Å². The highest BCUT2D eigenvalue weighted by Gasteiger charge is 2.25. The van der Waals surface area contributed by atoms with Crippen LogP contribution in [0, 0.1) is 5.82 Å². The minimum atomic E-state index is -0.345. The van der Waals surface area contributed by atoms with Gasteiger partial charge in [-0.2, -0.15) is 0 Å². The zero-order valence-corrected chi connectivity index (χ0v) is 15.0. The molecule has 1 aromatic heterocycles. The van der Waals surface area contributed by atoms with Crippen molar-refractivity contribution < 1.29 is 18.7 Å². The van der Waals surface area contributed by atoms with Gasteiger partial charge in [0.15, 0.2) is 0 Å². The van der Waals surface area contributed by atoms with Crippen LogP contribution >= 0.6 is 0 Å². The molecule has 2 aromatic rings. The second-order valence-corrected chi connectivity index (χ2v) is 6.04. The smallest absolute Gasteiger partial charge is 0.409 e. The fourth-order valence-corrected chi connectivity index (χ4v) is 2.76. The first-order valence-corrected chi connectivity index (χ1v) is 8.76. The first-order valence-electron chi connectivity index (χ1n) is 8.76. The van der Waals surface area contributed by atoms with E-state index in [1.165, 1.54) is 18.3 Å². The highest BCUT2D eigenvalue weighted by molar-refractivity contribution is 5.94. The highest BCUT2D eigenvalue weighted by atomic mass is 19.1. The van der Waals surface area contributed by atoms with Gasteiger partial charge in [0.1, 0.15) is 11.6 Å². The third-order valence-electron chi connectivity index (χ3n) is 4.22. The fourth-order valence-electron chi connectivity index (χ4n) is 2.76. The van der Waals surface area contributed by atoms with Crippen molar-refractivity contribution in [3.8, 4) is 0 Å². The molecule has 0 atom stereocenters. The summed E-state index contributed by atoms with van der Waals surface area (Å²) < 4.78 is 17.9. The Labute approximate surface area is 156 Å². The molecule has 1 aliphatic heterocycles. The molecule has 8 heteroatoms. The number of carbonyl (C=O) groups is 2. The van der Waals surface area contributed by atoms with E-state index < -0.39 is 0 Å². The van der Waals surface area contributed by atoms with E-state index in [0.717, 1.165) is 0 Å². The summed E-state index contributed by atoms with van der Waals surface area (Å²) >= 11 is 0. The van der Waals surface area contributed by atoms with Crippen LogP contribution < -0.4 is 5.32 Å². The molecule has 0 radical (unpaired) electrons. The zero-order chi connectivity index (χ0) is 19.2. The van der Waals surface area contributed by atoms with Gasteiger partial charge >= 0.3 is 6.09 Å². The van der Waals surface area contributed by atoms with E-state index in [-0.39, 0.29) is 17.8 Å². The number of hydrogen-bond acceptors (Lipinski definition) is 5. The van der Waals surface area contributed by atoms with Gasteiger partial charge in [0, 0.05) is 38.1 Å². The summed E-state index contributed by atoms with van der Waals surface area (Å²) in [7, 11) is 0. The zero-order valence-electron chi connectivity index (χ0n) is 15.0. The minimum Gasteiger partial charge on any atom is -0.450 e. The van der Waals surface area contributed by atoms with Crippen molar-refractivity contribution in [2.24, 2.45) is 0 Å². The predicted octanol–water partition coefficient (Wildman–Crippen LogP) is 2.88. The average Bonchev–Trinajstić information content (AvgIpc) is 2.70. The third kappa shape index (κ3) is 4.72. The van der Waals surface area contributed by atoms with Crippen molar-refractivity contribution in [1.82, 2.24) is 14.8 Å². The van der Waals surface area contributed by atoms with Gasteiger partial charge in [-0.25, -0.2) is 14.2 Å². The number of nitrogens with zero attached hydrogens (tertiary/aromatic N) is 3. The van der Waals surface area contributed by atoms with Crippen molar-refractivity contribution in [2.45, 2.75) is 6.92 Å². The van der Waals surface area contributed by atoms with Crippen molar-refractivity contribution in [1.29, 1.82) is 0 Å². The molecule has 2 amide bonds. The van der Waals surface area contributed by atoms with E-state index in [4.69, 9.17) is 4.74 Å². The maximum Gasteiger partial charge on any atom is 0.409 e.